The maximum Gasteiger partial charge on any atom is 0.266 e. The summed E-state index contributed by atoms with van der Waals surface area (Å²) in [5.41, 5.74) is 3.55. The molecule has 0 aliphatic carbocycles. The molecule has 2 rings (SSSR count). The second-order valence-electron chi connectivity index (χ2n) is 6.87. The van der Waals surface area contributed by atoms with E-state index in [0.29, 0.717) is 18.0 Å². The van der Waals surface area contributed by atoms with Crippen LogP contribution in [0.3, 0.4) is 0 Å². The van der Waals surface area contributed by atoms with Crippen LogP contribution in [0.2, 0.25) is 0 Å². The van der Waals surface area contributed by atoms with Crippen molar-refractivity contribution < 1.29 is 14.3 Å². The standard InChI is InChI=1S/C23H28N4O3/c1-5-11-27-16(3)12-18(17(27)4)13-19(14-24)23(29)26-20-7-9-21(10-8-20)30-15-22(28)25-6-2/h7-10,12-13H,5-6,11,15H2,1-4H3,(H,25,28)(H,26,29)/b19-13+. The lowest BCUT2D eigenvalue weighted by Crippen LogP contribution is -2.28. The predicted octanol–water partition coefficient (Wildman–Crippen LogP) is 3.58. The number of hydrogen-bond donors (Lipinski definition) is 2. The van der Waals surface area contributed by atoms with Crippen molar-refractivity contribution >= 4 is 23.6 Å². The normalized spacial score (nSPS) is 11.0. The molecule has 0 unspecified atom stereocenters. The molecule has 0 saturated carbocycles. The number of aryl methyl sites for hydroxylation is 1. The van der Waals surface area contributed by atoms with Gasteiger partial charge in [0.05, 0.1) is 0 Å². The van der Waals surface area contributed by atoms with Crippen molar-refractivity contribution in [3.05, 3.63) is 52.9 Å². The number of benzene rings is 1. The van der Waals surface area contributed by atoms with Crippen LogP contribution in [0.25, 0.3) is 6.08 Å². The summed E-state index contributed by atoms with van der Waals surface area (Å²) in [5.74, 6) is -0.163. The molecule has 158 valence electrons. The lowest BCUT2D eigenvalue weighted by Gasteiger charge is -2.08. The Morgan fingerprint density at radius 2 is 1.90 bits per heavy atom. The smallest absolute Gasteiger partial charge is 0.266 e. The zero-order chi connectivity index (χ0) is 22.1. The first-order valence-corrected chi connectivity index (χ1v) is 9.99. The number of carbonyl (C=O) groups is 2. The molecule has 2 amide bonds. The van der Waals surface area contributed by atoms with Gasteiger partial charge in [-0.15, -0.1) is 0 Å². The van der Waals surface area contributed by atoms with Gasteiger partial charge < -0.3 is 19.9 Å². The lowest BCUT2D eigenvalue weighted by molar-refractivity contribution is -0.123. The predicted molar refractivity (Wildman–Crippen MR) is 117 cm³/mol. The van der Waals surface area contributed by atoms with Crippen molar-refractivity contribution in [2.45, 2.75) is 40.7 Å². The van der Waals surface area contributed by atoms with Crippen LogP contribution in [0.15, 0.2) is 35.9 Å². The number of hydrogen-bond acceptors (Lipinski definition) is 4. The largest absolute Gasteiger partial charge is 0.484 e. The van der Waals surface area contributed by atoms with Crippen molar-refractivity contribution in [1.82, 2.24) is 9.88 Å². The Balaban J connectivity index is 2.07. The number of likely N-dealkylation sites (N-methyl/N-ethyl adjacent to an activating group) is 1. The maximum atomic E-state index is 12.6. The first-order chi connectivity index (χ1) is 14.4. The third kappa shape index (κ3) is 5.98. The molecule has 0 aliphatic heterocycles. The van der Waals surface area contributed by atoms with Crippen molar-refractivity contribution in [3.8, 4) is 11.8 Å². The quantitative estimate of drug-likeness (QED) is 0.490. The molecule has 30 heavy (non-hydrogen) atoms. The van der Waals surface area contributed by atoms with E-state index in [9.17, 15) is 14.9 Å². The molecular weight excluding hydrogens is 380 g/mol. The molecule has 0 radical (unpaired) electrons. The summed E-state index contributed by atoms with van der Waals surface area (Å²) in [7, 11) is 0. The minimum Gasteiger partial charge on any atom is -0.484 e. The van der Waals surface area contributed by atoms with Gasteiger partial charge in [-0.2, -0.15) is 5.26 Å². The van der Waals surface area contributed by atoms with Crippen LogP contribution in [-0.2, 0) is 16.1 Å². The van der Waals surface area contributed by atoms with E-state index in [1.165, 1.54) is 0 Å². The molecule has 0 saturated heterocycles. The number of amides is 2. The Hall–Kier alpha value is -3.53. The number of anilines is 1. The number of nitrogens with zero attached hydrogens (tertiary/aromatic N) is 2. The maximum absolute atomic E-state index is 12.6. The number of ether oxygens (including phenoxy) is 1. The summed E-state index contributed by atoms with van der Waals surface area (Å²) in [6.45, 7) is 9.32. The van der Waals surface area contributed by atoms with Gasteiger partial charge in [0, 0.05) is 30.2 Å². The summed E-state index contributed by atoms with van der Waals surface area (Å²) in [4.78, 5) is 24.0. The minimum absolute atomic E-state index is 0.0308. The summed E-state index contributed by atoms with van der Waals surface area (Å²) in [6.07, 6.45) is 2.63. The summed E-state index contributed by atoms with van der Waals surface area (Å²) < 4.78 is 7.56. The average Bonchev–Trinajstić information content (AvgIpc) is 2.99. The first-order valence-electron chi connectivity index (χ1n) is 9.99. The molecule has 0 aliphatic rings. The number of aromatic nitrogens is 1. The second-order valence-corrected chi connectivity index (χ2v) is 6.87. The Bertz CT molecular complexity index is 966. The fourth-order valence-electron chi connectivity index (χ4n) is 3.08. The summed E-state index contributed by atoms with van der Waals surface area (Å²) >= 11 is 0. The number of nitrogens with one attached hydrogen (secondary N) is 2. The Labute approximate surface area is 177 Å². The number of nitriles is 1. The molecule has 0 fully saturated rings. The van der Waals surface area contributed by atoms with E-state index in [0.717, 1.165) is 29.9 Å². The molecule has 0 spiro atoms. The van der Waals surface area contributed by atoms with Crippen LogP contribution in [0.5, 0.6) is 5.75 Å². The van der Waals surface area contributed by atoms with Crippen LogP contribution in [0.1, 0.15) is 37.2 Å². The zero-order valence-corrected chi connectivity index (χ0v) is 17.9. The average molecular weight is 409 g/mol. The van der Waals surface area contributed by atoms with Crippen molar-refractivity contribution in [1.29, 1.82) is 5.26 Å². The van der Waals surface area contributed by atoms with E-state index in [2.05, 4.69) is 22.1 Å². The van der Waals surface area contributed by atoms with Gasteiger partial charge in [-0.3, -0.25) is 9.59 Å². The third-order valence-corrected chi connectivity index (χ3v) is 4.58. The fourth-order valence-corrected chi connectivity index (χ4v) is 3.08. The van der Waals surface area contributed by atoms with E-state index in [1.54, 1.807) is 30.3 Å². The van der Waals surface area contributed by atoms with E-state index >= 15 is 0 Å². The molecular formula is C23H28N4O3. The second kappa shape index (κ2) is 10.9. The number of rotatable bonds is 9. The lowest BCUT2D eigenvalue weighted by atomic mass is 10.1. The summed E-state index contributed by atoms with van der Waals surface area (Å²) in [5, 5.41) is 14.8. The molecule has 1 aromatic heterocycles. The molecule has 1 heterocycles. The molecule has 0 atom stereocenters. The van der Waals surface area contributed by atoms with Gasteiger partial charge in [0.1, 0.15) is 17.4 Å². The zero-order valence-electron chi connectivity index (χ0n) is 17.9. The monoisotopic (exact) mass is 408 g/mol. The molecule has 0 bridgehead atoms. The van der Waals surface area contributed by atoms with Gasteiger partial charge in [-0.05, 0) is 69.2 Å². The summed E-state index contributed by atoms with van der Waals surface area (Å²) in [6, 6.07) is 10.6. The molecule has 7 heteroatoms. The Kier molecular flexibility index (Phi) is 8.24. The highest BCUT2D eigenvalue weighted by atomic mass is 16.5. The van der Waals surface area contributed by atoms with Crippen molar-refractivity contribution in [2.24, 2.45) is 0 Å². The van der Waals surface area contributed by atoms with Gasteiger partial charge in [-0.25, -0.2) is 0 Å². The highest BCUT2D eigenvalue weighted by Crippen LogP contribution is 2.20. The van der Waals surface area contributed by atoms with Crippen LogP contribution >= 0.6 is 0 Å². The van der Waals surface area contributed by atoms with Crippen molar-refractivity contribution in [3.63, 3.8) is 0 Å². The Morgan fingerprint density at radius 3 is 2.50 bits per heavy atom. The van der Waals surface area contributed by atoms with Gasteiger partial charge >= 0.3 is 0 Å². The van der Waals surface area contributed by atoms with Crippen LogP contribution in [0.4, 0.5) is 5.69 Å². The van der Waals surface area contributed by atoms with Gasteiger partial charge in [0.15, 0.2) is 6.61 Å². The molecule has 2 aromatic rings. The highest BCUT2D eigenvalue weighted by molar-refractivity contribution is 6.09. The van der Waals surface area contributed by atoms with Crippen molar-refractivity contribution in [2.75, 3.05) is 18.5 Å². The van der Waals surface area contributed by atoms with E-state index in [-0.39, 0.29) is 18.1 Å². The fraction of sp³-hybridized carbons (Fsp3) is 0.348. The van der Waals surface area contributed by atoms with E-state index < -0.39 is 5.91 Å². The third-order valence-electron chi connectivity index (χ3n) is 4.58. The number of carbonyl (C=O) groups excluding carboxylic acids is 2. The first kappa shape index (κ1) is 22.8. The van der Waals surface area contributed by atoms with Crippen LogP contribution < -0.4 is 15.4 Å². The van der Waals surface area contributed by atoms with Crippen LogP contribution in [0, 0.1) is 25.2 Å². The topological polar surface area (TPSA) is 96.2 Å². The van der Waals surface area contributed by atoms with Crippen LogP contribution in [-0.4, -0.2) is 29.5 Å². The highest BCUT2D eigenvalue weighted by Gasteiger charge is 2.13. The van der Waals surface area contributed by atoms with Gasteiger partial charge in [0.25, 0.3) is 11.8 Å². The SMILES string of the molecule is CCCn1c(C)cc(/C=C(\C#N)C(=O)Nc2ccc(OCC(=O)NCC)cc2)c1C. The van der Waals surface area contributed by atoms with E-state index in [1.807, 2.05) is 32.9 Å². The van der Waals surface area contributed by atoms with E-state index in [4.69, 9.17) is 4.74 Å². The van der Waals surface area contributed by atoms with Gasteiger partial charge in [0.2, 0.25) is 0 Å². The molecule has 7 nitrogen and oxygen atoms in total. The molecule has 2 N–H and O–H groups in total. The van der Waals surface area contributed by atoms with Gasteiger partial charge in [-0.1, -0.05) is 6.92 Å². The Morgan fingerprint density at radius 1 is 1.20 bits per heavy atom. The molecule has 1 aromatic carbocycles. The minimum atomic E-state index is -0.478.